The van der Waals surface area contributed by atoms with Gasteiger partial charge >= 0.3 is 6.01 Å². The van der Waals surface area contributed by atoms with Crippen LogP contribution in [0.1, 0.15) is 62.2 Å². The van der Waals surface area contributed by atoms with Gasteiger partial charge in [-0.25, -0.2) is 0 Å². The van der Waals surface area contributed by atoms with Gasteiger partial charge in [0.05, 0.1) is 6.61 Å². The van der Waals surface area contributed by atoms with Crippen molar-refractivity contribution < 1.29 is 9.53 Å². The molecule has 5 nitrogen and oxygen atoms in total. The maximum Gasteiger partial charge on any atom is 0.336 e. The summed E-state index contributed by atoms with van der Waals surface area (Å²) in [5.41, 5.74) is 2.06. The third-order valence-electron chi connectivity index (χ3n) is 4.81. The Morgan fingerprint density at radius 3 is 2.64 bits per heavy atom. The maximum atomic E-state index is 12.8. The molecular formula is C20H27N3O2. The molecule has 0 aliphatic heterocycles. The number of hydrogen-bond acceptors (Lipinski definition) is 4. The lowest BCUT2D eigenvalue weighted by atomic mass is 10.0. The first kappa shape index (κ1) is 17.6. The second kappa shape index (κ2) is 8.28. The highest BCUT2D eigenvalue weighted by atomic mass is 16.5. The van der Waals surface area contributed by atoms with Gasteiger partial charge in [-0.1, -0.05) is 62.4 Å². The zero-order valence-corrected chi connectivity index (χ0v) is 15.2. The van der Waals surface area contributed by atoms with Crippen molar-refractivity contribution in [1.29, 1.82) is 0 Å². The van der Waals surface area contributed by atoms with Crippen LogP contribution in [0.25, 0.3) is 11.4 Å². The van der Waals surface area contributed by atoms with E-state index in [4.69, 9.17) is 4.74 Å². The Morgan fingerprint density at radius 2 is 1.96 bits per heavy atom. The molecule has 1 aromatic heterocycles. The van der Waals surface area contributed by atoms with E-state index >= 15 is 0 Å². The Kier molecular flexibility index (Phi) is 5.84. The normalized spacial score (nSPS) is 14.8. The molecule has 1 aliphatic rings. The van der Waals surface area contributed by atoms with Crippen LogP contribution in [0.15, 0.2) is 24.3 Å². The molecule has 1 aliphatic carbocycles. The van der Waals surface area contributed by atoms with Crippen LogP contribution in [-0.4, -0.2) is 27.3 Å². The average molecular weight is 341 g/mol. The Labute approximate surface area is 149 Å². The molecule has 0 amide bonds. The lowest BCUT2D eigenvalue weighted by Gasteiger charge is -2.08. The van der Waals surface area contributed by atoms with E-state index in [2.05, 4.69) is 10.1 Å². The molecule has 2 aromatic rings. The van der Waals surface area contributed by atoms with Gasteiger partial charge in [-0.05, 0) is 25.7 Å². The van der Waals surface area contributed by atoms with Gasteiger partial charge in [0.1, 0.15) is 0 Å². The van der Waals surface area contributed by atoms with Crippen molar-refractivity contribution in [2.45, 2.75) is 58.8 Å². The summed E-state index contributed by atoms with van der Waals surface area (Å²) in [6, 6.07) is 8.27. The Balaban J connectivity index is 1.80. The van der Waals surface area contributed by atoms with Crippen LogP contribution in [0, 0.1) is 12.8 Å². The molecule has 0 N–H and O–H groups in total. The molecule has 0 radical (unpaired) electrons. The van der Waals surface area contributed by atoms with E-state index in [1.54, 1.807) is 0 Å². The van der Waals surface area contributed by atoms with Crippen molar-refractivity contribution in [3.8, 4) is 17.4 Å². The molecular weight excluding hydrogens is 314 g/mol. The highest BCUT2D eigenvalue weighted by Crippen LogP contribution is 2.29. The van der Waals surface area contributed by atoms with Crippen molar-refractivity contribution in [2.75, 3.05) is 6.61 Å². The molecule has 134 valence electrons. The number of hydrogen-bond donors (Lipinski definition) is 0. The van der Waals surface area contributed by atoms with Crippen LogP contribution in [0.4, 0.5) is 0 Å². The number of aromatic nitrogens is 3. The van der Waals surface area contributed by atoms with E-state index in [-0.39, 0.29) is 11.9 Å². The zero-order chi connectivity index (χ0) is 17.6. The van der Waals surface area contributed by atoms with E-state index in [1.807, 2.05) is 38.1 Å². The quantitative estimate of drug-likeness (QED) is 0.735. The zero-order valence-electron chi connectivity index (χ0n) is 15.2. The standard InChI is InChI=1S/C20H27N3O2/c1-3-14-25-20-21-19(17-11-8-15(2)9-12-17)23(22-20)18(24)13-10-16-6-4-5-7-16/h8-9,11-12,16H,3-7,10,13-14H2,1-2H3. The van der Waals surface area contributed by atoms with Crippen LogP contribution < -0.4 is 4.74 Å². The van der Waals surface area contributed by atoms with E-state index in [9.17, 15) is 4.79 Å². The molecule has 5 heteroatoms. The third kappa shape index (κ3) is 4.47. The number of aryl methyl sites for hydroxylation is 1. The van der Waals surface area contributed by atoms with Gasteiger partial charge in [0, 0.05) is 12.0 Å². The predicted octanol–water partition coefficient (Wildman–Crippen LogP) is 4.65. The van der Waals surface area contributed by atoms with E-state index < -0.39 is 0 Å². The summed E-state index contributed by atoms with van der Waals surface area (Å²) in [7, 11) is 0. The van der Waals surface area contributed by atoms with Gasteiger partial charge in [-0.3, -0.25) is 4.79 Å². The Bertz CT molecular complexity index is 700. The maximum absolute atomic E-state index is 12.8. The number of ether oxygens (including phenoxy) is 1. The summed E-state index contributed by atoms with van der Waals surface area (Å²) in [5, 5.41) is 4.33. The van der Waals surface area contributed by atoms with Gasteiger partial charge in [-0.2, -0.15) is 9.67 Å². The first-order valence-electron chi connectivity index (χ1n) is 9.37. The minimum Gasteiger partial charge on any atom is -0.462 e. The lowest BCUT2D eigenvalue weighted by molar-refractivity contribution is 0.0877. The fraction of sp³-hybridized carbons (Fsp3) is 0.550. The SMILES string of the molecule is CCCOc1nc(-c2ccc(C)cc2)n(C(=O)CCC2CCCC2)n1. The molecule has 1 fully saturated rings. The van der Waals surface area contributed by atoms with Crippen molar-refractivity contribution in [3.05, 3.63) is 29.8 Å². The van der Waals surface area contributed by atoms with E-state index in [0.29, 0.717) is 24.8 Å². The van der Waals surface area contributed by atoms with E-state index in [1.165, 1.54) is 35.9 Å². The predicted molar refractivity (Wildman–Crippen MR) is 97.8 cm³/mol. The fourth-order valence-electron chi connectivity index (χ4n) is 3.34. The number of carbonyl (C=O) groups is 1. The van der Waals surface area contributed by atoms with E-state index in [0.717, 1.165) is 18.4 Å². The van der Waals surface area contributed by atoms with Crippen molar-refractivity contribution in [2.24, 2.45) is 5.92 Å². The van der Waals surface area contributed by atoms with Crippen LogP contribution in [0.3, 0.4) is 0 Å². The Hall–Kier alpha value is -2.17. The number of rotatable bonds is 7. The highest BCUT2D eigenvalue weighted by molar-refractivity contribution is 5.82. The van der Waals surface area contributed by atoms with Gasteiger partial charge in [0.25, 0.3) is 0 Å². The third-order valence-corrected chi connectivity index (χ3v) is 4.81. The smallest absolute Gasteiger partial charge is 0.336 e. The molecule has 25 heavy (non-hydrogen) atoms. The molecule has 1 saturated carbocycles. The molecule has 3 rings (SSSR count). The van der Waals surface area contributed by atoms with Crippen molar-refractivity contribution in [1.82, 2.24) is 14.8 Å². The summed E-state index contributed by atoms with van der Waals surface area (Å²) >= 11 is 0. The second-order valence-electron chi connectivity index (χ2n) is 6.93. The molecule has 0 saturated heterocycles. The molecule has 0 atom stereocenters. The minimum absolute atomic E-state index is 0.00123. The number of benzene rings is 1. The van der Waals surface area contributed by atoms with Gasteiger partial charge in [0.15, 0.2) is 5.82 Å². The molecule has 1 aromatic carbocycles. The molecule has 0 bridgehead atoms. The summed E-state index contributed by atoms with van der Waals surface area (Å²) in [6.07, 6.45) is 7.43. The highest BCUT2D eigenvalue weighted by Gasteiger charge is 2.21. The lowest BCUT2D eigenvalue weighted by Crippen LogP contribution is -2.15. The largest absolute Gasteiger partial charge is 0.462 e. The molecule has 0 spiro atoms. The topological polar surface area (TPSA) is 57.0 Å². The Morgan fingerprint density at radius 1 is 1.24 bits per heavy atom. The monoisotopic (exact) mass is 341 g/mol. The van der Waals surface area contributed by atoms with Crippen LogP contribution in [0.2, 0.25) is 0 Å². The van der Waals surface area contributed by atoms with Crippen LogP contribution >= 0.6 is 0 Å². The fourth-order valence-corrected chi connectivity index (χ4v) is 3.34. The molecule has 1 heterocycles. The number of carbonyl (C=O) groups excluding carboxylic acids is 1. The van der Waals surface area contributed by atoms with Crippen molar-refractivity contribution in [3.63, 3.8) is 0 Å². The summed E-state index contributed by atoms with van der Waals surface area (Å²) in [6.45, 7) is 4.62. The first-order valence-corrected chi connectivity index (χ1v) is 9.37. The second-order valence-corrected chi connectivity index (χ2v) is 6.93. The minimum atomic E-state index is 0.00123. The molecule has 0 unspecified atom stereocenters. The number of nitrogens with zero attached hydrogens (tertiary/aromatic N) is 3. The van der Waals surface area contributed by atoms with Gasteiger partial charge in [-0.15, -0.1) is 5.10 Å². The summed E-state index contributed by atoms with van der Waals surface area (Å²) in [4.78, 5) is 17.2. The van der Waals surface area contributed by atoms with Crippen LogP contribution in [0.5, 0.6) is 6.01 Å². The first-order chi connectivity index (χ1) is 12.2. The van der Waals surface area contributed by atoms with Crippen molar-refractivity contribution >= 4 is 5.91 Å². The van der Waals surface area contributed by atoms with Gasteiger partial charge < -0.3 is 4.74 Å². The van der Waals surface area contributed by atoms with Gasteiger partial charge in [0.2, 0.25) is 5.91 Å². The average Bonchev–Trinajstić information content (AvgIpc) is 3.28. The van der Waals surface area contributed by atoms with Crippen LogP contribution in [-0.2, 0) is 0 Å². The summed E-state index contributed by atoms with van der Waals surface area (Å²) in [5.74, 6) is 1.26. The summed E-state index contributed by atoms with van der Waals surface area (Å²) < 4.78 is 6.99.